The van der Waals surface area contributed by atoms with Gasteiger partial charge in [-0.15, -0.1) is 0 Å². The first-order chi connectivity index (χ1) is 9.48. The lowest BCUT2D eigenvalue weighted by Crippen LogP contribution is -2.35. The van der Waals surface area contributed by atoms with Crippen LogP contribution in [0.2, 0.25) is 0 Å². The molecule has 0 aliphatic rings. The summed E-state index contributed by atoms with van der Waals surface area (Å²) in [4.78, 5) is 0. The molecule has 0 aliphatic heterocycles. The molecular formula is C13H23N3O3S. The molecule has 0 heterocycles. The molecule has 0 saturated carbocycles. The van der Waals surface area contributed by atoms with Crippen LogP contribution < -0.4 is 15.2 Å². The highest BCUT2D eigenvalue weighted by molar-refractivity contribution is 7.90. The Morgan fingerprint density at radius 3 is 2.40 bits per heavy atom. The van der Waals surface area contributed by atoms with E-state index in [2.05, 4.69) is 4.72 Å². The number of nitrogens with zero attached hydrogens (tertiary/aromatic N) is 1. The number of hydrogen-bond donors (Lipinski definition) is 2. The van der Waals surface area contributed by atoms with Crippen LogP contribution >= 0.6 is 0 Å². The lowest BCUT2D eigenvalue weighted by Gasteiger charge is -2.20. The van der Waals surface area contributed by atoms with E-state index in [1.165, 1.54) is 4.31 Å². The lowest BCUT2D eigenvalue weighted by molar-refractivity contribution is 0.336. The summed E-state index contributed by atoms with van der Waals surface area (Å²) in [5.41, 5.74) is 6.91. The Morgan fingerprint density at radius 2 is 1.90 bits per heavy atom. The molecule has 7 heteroatoms. The van der Waals surface area contributed by atoms with Gasteiger partial charge in [0.15, 0.2) is 0 Å². The fourth-order valence-corrected chi connectivity index (χ4v) is 3.11. The Labute approximate surface area is 121 Å². The minimum atomic E-state index is -3.52. The first-order valence-electron chi connectivity index (χ1n) is 6.72. The lowest BCUT2D eigenvalue weighted by atomic mass is 10.2. The minimum Gasteiger partial charge on any atom is -0.494 e. The molecule has 6 nitrogen and oxygen atoms in total. The molecule has 3 N–H and O–H groups in total. The van der Waals surface area contributed by atoms with Gasteiger partial charge in [-0.3, -0.25) is 4.72 Å². The van der Waals surface area contributed by atoms with Gasteiger partial charge in [-0.05, 0) is 25.1 Å². The van der Waals surface area contributed by atoms with Crippen molar-refractivity contribution in [1.82, 2.24) is 4.31 Å². The molecule has 0 saturated heterocycles. The van der Waals surface area contributed by atoms with Crippen LogP contribution in [0.25, 0.3) is 0 Å². The van der Waals surface area contributed by atoms with Crippen molar-refractivity contribution in [3.05, 3.63) is 23.8 Å². The quantitative estimate of drug-likeness (QED) is 0.763. The SMILES string of the molecule is CCOc1ccc(NS(=O)(=O)N(CC)CC)cc1CN. The molecule has 0 amide bonds. The molecule has 0 aromatic heterocycles. The normalized spacial score (nSPS) is 11.7. The Bertz CT molecular complexity index is 528. The van der Waals surface area contributed by atoms with E-state index in [1.807, 2.05) is 6.92 Å². The number of hydrogen-bond acceptors (Lipinski definition) is 4. The van der Waals surface area contributed by atoms with E-state index in [0.717, 1.165) is 5.56 Å². The van der Waals surface area contributed by atoms with E-state index < -0.39 is 10.2 Å². The summed E-state index contributed by atoms with van der Waals surface area (Å²) in [5.74, 6) is 0.681. The second-order valence-corrected chi connectivity index (χ2v) is 5.82. The zero-order valence-electron chi connectivity index (χ0n) is 12.2. The first-order valence-corrected chi connectivity index (χ1v) is 8.16. The highest BCUT2D eigenvalue weighted by Gasteiger charge is 2.18. The number of anilines is 1. The number of nitrogens with one attached hydrogen (secondary N) is 1. The molecular weight excluding hydrogens is 278 g/mol. The van der Waals surface area contributed by atoms with Crippen LogP contribution in [-0.4, -0.2) is 32.4 Å². The molecule has 0 radical (unpaired) electrons. The van der Waals surface area contributed by atoms with E-state index in [1.54, 1.807) is 32.0 Å². The molecule has 1 aromatic carbocycles. The fourth-order valence-electron chi connectivity index (χ4n) is 1.88. The molecule has 0 spiro atoms. The van der Waals surface area contributed by atoms with Gasteiger partial charge >= 0.3 is 10.2 Å². The molecule has 0 unspecified atom stereocenters. The van der Waals surface area contributed by atoms with Gasteiger partial charge in [0, 0.05) is 25.2 Å². The highest BCUT2D eigenvalue weighted by Crippen LogP contribution is 2.23. The smallest absolute Gasteiger partial charge is 0.301 e. The van der Waals surface area contributed by atoms with Crippen LogP contribution in [-0.2, 0) is 16.8 Å². The molecule has 0 fully saturated rings. The molecule has 0 aliphatic carbocycles. The van der Waals surface area contributed by atoms with Crippen molar-refractivity contribution in [2.75, 3.05) is 24.4 Å². The highest BCUT2D eigenvalue weighted by atomic mass is 32.2. The summed E-state index contributed by atoms with van der Waals surface area (Å²) in [5, 5.41) is 0. The number of benzene rings is 1. The van der Waals surface area contributed by atoms with Crippen molar-refractivity contribution in [3.8, 4) is 5.75 Å². The van der Waals surface area contributed by atoms with Gasteiger partial charge in [0.05, 0.1) is 12.3 Å². The number of ether oxygens (including phenoxy) is 1. The van der Waals surface area contributed by atoms with Crippen LogP contribution in [0, 0.1) is 0 Å². The summed E-state index contributed by atoms with van der Waals surface area (Å²) in [7, 11) is -3.52. The van der Waals surface area contributed by atoms with Crippen LogP contribution in [0.3, 0.4) is 0 Å². The van der Waals surface area contributed by atoms with Crippen molar-refractivity contribution in [3.63, 3.8) is 0 Å². The van der Waals surface area contributed by atoms with Gasteiger partial charge in [-0.25, -0.2) is 0 Å². The predicted octanol–water partition coefficient (Wildman–Crippen LogP) is 1.54. The van der Waals surface area contributed by atoms with Crippen LogP contribution in [0.1, 0.15) is 26.3 Å². The second kappa shape index (κ2) is 7.47. The molecule has 0 bridgehead atoms. The molecule has 1 aromatic rings. The molecule has 0 atom stereocenters. The van der Waals surface area contributed by atoms with E-state index in [-0.39, 0.29) is 6.54 Å². The summed E-state index contributed by atoms with van der Waals surface area (Å²) in [6.07, 6.45) is 0. The molecule has 20 heavy (non-hydrogen) atoms. The van der Waals surface area contributed by atoms with E-state index in [0.29, 0.717) is 31.1 Å². The average molecular weight is 301 g/mol. The Hall–Kier alpha value is -1.31. The Kier molecular flexibility index (Phi) is 6.25. The average Bonchev–Trinajstić information content (AvgIpc) is 2.41. The van der Waals surface area contributed by atoms with Gasteiger partial charge in [0.25, 0.3) is 0 Å². The van der Waals surface area contributed by atoms with Crippen LogP contribution in [0.5, 0.6) is 5.75 Å². The molecule has 114 valence electrons. The second-order valence-electron chi connectivity index (χ2n) is 4.15. The largest absolute Gasteiger partial charge is 0.494 e. The van der Waals surface area contributed by atoms with Crippen molar-refractivity contribution >= 4 is 15.9 Å². The van der Waals surface area contributed by atoms with Crippen LogP contribution in [0.15, 0.2) is 18.2 Å². The maximum Gasteiger partial charge on any atom is 0.301 e. The van der Waals surface area contributed by atoms with Gasteiger partial charge in [0.2, 0.25) is 0 Å². The van der Waals surface area contributed by atoms with Gasteiger partial charge in [-0.2, -0.15) is 12.7 Å². The zero-order chi connectivity index (χ0) is 15.2. The van der Waals surface area contributed by atoms with E-state index in [9.17, 15) is 8.42 Å². The summed E-state index contributed by atoms with van der Waals surface area (Å²) in [6.45, 7) is 7.16. The third-order valence-electron chi connectivity index (χ3n) is 2.87. The van der Waals surface area contributed by atoms with E-state index in [4.69, 9.17) is 10.5 Å². The summed E-state index contributed by atoms with van der Waals surface area (Å²) < 4.78 is 33.6. The maximum atomic E-state index is 12.1. The third-order valence-corrected chi connectivity index (χ3v) is 4.56. The zero-order valence-corrected chi connectivity index (χ0v) is 13.0. The fraction of sp³-hybridized carbons (Fsp3) is 0.538. The standard InChI is InChI=1S/C13H23N3O3S/c1-4-16(5-2)20(17,18)15-12-7-8-13(19-6-3)11(9-12)10-14/h7-9,15H,4-6,10,14H2,1-3H3. The molecule has 1 rings (SSSR count). The number of nitrogens with two attached hydrogens (primary N) is 1. The maximum absolute atomic E-state index is 12.1. The summed E-state index contributed by atoms with van der Waals surface area (Å²) >= 11 is 0. The predicted molar refractivity (Wildman–Crippen MR) is 81.0 cm³/mol. The van der Waals surface area contributed by atoms with Crippen molar-refractivity contribution in [2.45, 2.75) is 27.3 Å². The van der Waals surface area contributed by atoms with Crippen molar-refractivity contribution in [2.24, 2.45) is 5.73 Å². The number of rotatable bonds is 8. The Morgan fingerprint density at radius 1 is 1.25 bits per heavy atom. The Balaban J connectivity index is 2.98. The van der Waals surface area contributed by atoms with Crippen molar-refractivity contribution < 1.29 is 13.2 Å². The van der Waals surface area contributed by atoms with Gasteiger partial charge in [0.1, 0.15) is 5.75 Å². The van der Waals surface area contributed by atoms with Crippen molar-refractivity contribution in [1.29, 1.82) is 0 Å². The minimum absolute atomic E-state index is 0.288. The first kappa shape index (κ1) is 16.7. The summed E-state index contributed by atoms with van der Waals surface area (Å²) in [6, 6.07) is 5.10. The topological polar surface area (TPSA) is 84.7 Å². The van der Waals surface area contributed by atoms with Gasteiger partial charge < -0.3 is 10.5 Å². The van der Waals surface area contributed by atoms with Gasteiger partial charge in [-0.1, -0.05) is 13.8 Å². The van der Waals surface area contributed by atoms with Crippen LogP contribution in [0.4, 0.5) is 5.69 Å². The third kappa shape index (κ3) is 4.09. The van der Waals surface area contributed by atoms with E-state index >= 15 is 0 Å². The monoisotopic (exact) mass is 301 g/mol.